The first kappa shape index (κ1) is 10.4. The summed E-state index contributed by atoms with van der Waals surface area (Å²) in [5.41, 5.74) is 2.06. The number of benzene rings is 1. The molecule has 0 saturated carbocycles. The quantitative estimate of drug-likeness (QED) is 0.706. The van der Waals surface area contributed by atoms with Crippen LogP contribution < -0.4 is 10.6 Å². The summed E-state index contributed by atoms with van der Waals surface area (Å²) in [6.07, 6.45) is 0. The highest BCUT2D eigenvalue weighted by molar-refractivity contribution is 7.80. The van der Waals surface area contributed by atoms with E-state index in [4.69, 9.17) is 12.2 Å². The summed E-state index contributed by atoms with van der Waals surface area (Å²) in [5.74, 6) is 0. The zero-order chi connectivity index (χ0) is 11.1. The van der Waals surface area contributed by atoms with E-state index in [0.29, 0.717) is 5.11 Å². The third kappa shape index (κ3) is 1.60. The van der Waals surface area contributed by atoms with Crippen LogP contribution >= 0.6 is 12.2 Å². The Bertz CT molecular complexity index is 403. The van der Waals surface area contributed by atoms with Gasteiger partial charge in [0.1, 0.15) is 5.66 Å². The topological polar surface area (TPSA) is 27.3 Å². The zero-order valence-corrected chi connectivity index (χ0v) is 9.98. The van der Waals surface area contributed by atoms with E-state index in [9.17, 15) is 0 Å². The van der Waals surface area contributed by atoms with Gasteiger partial charge < -0.3 is 10.6 Å². The largest absolute Gasteiger partial charge is 0.340 e. The first-order valence-electron chi connectivity index (χ1n) is 4.90. The SMILES string of the molecule is CN(C)C1(C)NC(=S)Nc2ccccc21. The van der Waals surface area contributed by atoms with Crippen molar-refractivity contribution in [2.24, 2.45) is 0 Å². The molecule has 1 aromatic rings. The zero-order valence-electron chi connectivity index (χ0n) is 9.16. The fourth-order valence-corrected chi connectivity index (χ4v) is 2.12. The molecule has 0 fully saturated rings. The van der Waals surface area contributed by atoms with Crippen LogP contribution in [-0.2, 0) is 5.66 Å². The van der Waals surface area contributed by atoms with Crippen LogP contribution in [0.5, 0.6) is 0 Å². The van der Waals surface area contributed by atoms with Gasteiger partial charge in [0.25, 0.3) is 0 Å². The number of nitrogens with one attached hydrogen (secondary N) is 2. The summed E-state index contributed by atoms with van der Waals surface area (Å²) in [7, 11) is 4.08. The Labute approximate surface area is 95.5 Å². The second kappa shape index (κ2) is 3.47. The number of anilines is 1. The van der Waals surface area contributed by atoms with Gasteiger partial charge in [0.05, 0.1) is 0 Å². The van der Waals surface area contributed by atoms with Crippen molar-refractivity contribution in [3.8, 4) is 0 Å². The molecule has 80 valence electrons. The normalized spacial score (nSPS) is 24.4. The van der Waals surface area contributed by atoms with Crippen LogP contribution in [0.4, 0.5) is 5.69 Å². The van der Waals surface area contributed by atoms with Crippen LogP contribution in [0.15, 0.2) is 24.3 Å². The molecule has 0 radical (unpaired) electrons. The van der Waals surface area contributed by atoms with Crippen molar-refractivity contribution < 1.29 is 0 Å². The number of hydrogen-bond donors (Lipinski definition) is 2. The van der Waals surface area contributed by atoms with Gasteiger partial charge in [-0.15, -0.1) is 0 Å². The minimum Gasteiger partial charge on any atom is -0.340 e. The molecule has 15 heavy (non-hydrogen) atoms. The lowest BCUT2D eigenvalue weighted by molar-refractivity contribution is 0.154. The van der Waals surface area contributed by atoms with Crippen molar-refractivity contribution in [2.45, 2.75) is 12.6 Å². The van der Waals surface area contributed by atoms with Gasteiger partial charge in [0.15, 0.2) is 5.11 Å². The summed E-state index contributed by atoms with van der Waals surface area (Å²) in [6, 6.07) is 8.20. The van der Waals surface area contributed by atoms with Crippen LogP contribution in [0, 0.1) is 0 Å². The number of rotatable bonds is 1. The van der Waals surface area contributed by atoms with Gasteiger partial charge in [0.2, 0.25) is 0 Å². The highest BCUT2D eigenvalue weighted by Crippen LogP contribution is 2.32. The fourth-order valence-electron chi connectivity index (χ4n) is 1.81. The van der Waals surface area contributed by atoms with Crippen molar-refractivity contribution >= 4 is 23.0 Å². The molecule has 0 aromatic heterocycles. The highest BCUT2D eigenvalue weighted by Gasteiger charge is 2.35. The second-order valence-electron chi connectivity index (χ2n) is 4.09. The molecule has 2 N–H and O–H groups in total. The smallest absolute Gasteiger partial charge is 0.172 e. The number of para-hydroxylation sites is 1. The number of hydrogen-bond acceptors (Lipinski definition) is 2. The third-order valence-electron chi connectivity index (χ3n) is 2.95. The standard InChI is InChI=1S/C11H15N3S/c1-11(14(2)3)8-6-4-5-7-9(8)12-10(15)13-11/h4-7H,1-3H3,(H2,12,13,15). The first-order valence-corrected chi connectivity index (χ1v) is 5.31. The predicted molar refractivity (Wildman–Crippen MR) is 66.8 cm³/mol. The first-order chi connectivity index (χ1) is 7.04. The fraction of sp³-hybridized carbons (Fsp3) is 0.364. The molecule has 0 spiro atoms. The molecule has 0 aliphatic carbocycles. The lowest BCUT2D eigenvalue weighted by Gasteiger charge is -2.43. The van der Waals surface area contributed by atoms with Crippen molar-refractivity contribution in [1.29, 1.82) is 0 Å². The lowest BCUT2D eigenvalue weighted by Crippen LogP contribution is -2.57. The van der Waals surface area contributed by atoms with Crippen LogP contribution in [0.3, 0.4) is 0 Å². The van der Waals surface area contributed by atoms with E-state index in [2.05, 4.69) is 28.5 Å². The van der Waals surface area contributed by atoms with Crippen molar-refractivity contribution in [3.05, 3.63) is 29.8 Å². The molecule has 0 bridgehead atoms. The van der Waals surface area contributed by atoms with E-state index in [0.717, 1.165) is 5.69 Å². The van der Waals surface area contributed by atoms with Gasteiger partial charge in [-0.3, -0.25) is 4.90 Å². The monoisotopic (exact) mass is 221 g/mol. The van der Waals surface area contributed by atoms with Gasteiger partial charge in [-0.05, 0) is 39.3 Å². The van der Waals surface area contributed by atoms with Crippen LogP contribution in [0.25, 0.3) is 0 Å². The lowest BCUT2D eigenvalue weighted by atomic mass is 9.96. The van der Waals surface area contributed by atoms with Crippen LogP contribution in [0.1, 0.15) is 12.5 Å². The van der Waals surface area contributed by atoms with Crippen molar-refractivity contribution in [1.82, 2.24) is 10.2 Å². The molecule has 3 nitrogen and oxygen atoms in total. The molecule has 1 aliphatic heterocycles. The Morgan fingerprint density at radius 1 is 1.27 bits per heavy atom. The molecular formula is C11H15N3S. The van der Waals surface area contributed by atoms with Gasteiger partial charge in [-0.1, -0.05) is 18.2 Å². The Morgan fingerprint density at radius 3 is 2.60 bits per heavy atom. The molecule has 4 heteroatoms. The Hall–Kier alpha value is -1.13. The molecule has 1 aromatic carbocycles. The van der Waals surface area contributed by atoms with Gasteiger partial charge in [0, 0.05) is 11.3 Å². The summed E-state index contributed by atoms with van der Waals surface area (Å²) < 4.78 is 0. The molecule has 0 saturated heterocycles. The predicted octanol–water partition coefficient (Wildman–Crippen LogP) is 1.72. The van der Waals surface area contributed by atoms with E-state index in [-0.39, 0.29) is 5.66 Å². The molecule has 2 rings (SSSR count). The summed E-state index contributed by atoms with van der Waals surface area (Å²) in [6.45, 7) is 2.12. The van der Waals surface area contributed by atoms with Crippen molar-refractivity contribution in [3.63, 3.8) is 0 Å². The maximum absolute atomic E-state index is 5.20. The van der Waals surface area contributed by atoms with E-state index >= 15 is 0 Å². The molecule has 1 aliphatic rings. The third-order valence-corrected chi connectivity index (χ3v) is 3.16. The molecular weight excluding hydrogens is 206 g/mol. The van der Waals surface area contributed by atoms with Gasteiger partial charge in [-0.2, -0.15) is 0 Å². The molecule has 1 atom stereocenters. The van der Waals surface area contributed by atoms with Crippen molar-refractivity contribution in [2.75, 3.05) is 19.4 Å². The summed E-state index contributed by atoms with van der Waals surface area (Å²) >= 11 is 5.20. The average Bonchev–Trinajstić information content (AvgIpc) is 2.17. The van der Waals surface area contributed by atoms with Gasteiger partial charge >= 0.3 is 0 Å². The van der Waals surface area contributed by atoms with E-state index in [1.807, 2.05) is 32.3 Å². The number of thiocarbonyl (C=S) groups is 1. The Morgan fingerprint density at radius 2 is 1.93 bits per heavy atom. The molecule has 1 unspecified atom stereocenters. The maximum atomic E-state index is 5.20. The summed E-state index contributed by atoms with van der Waals surface area (Å²) in [4.78, 5) is 2.12. The van der Waals surface area contributed by atoms with Crippen LogP contribution in [-0.4, -0.2) is 24.1 Å². The van der Waals surface area contributed by atoms with E-state index in [1.54, 1.807) is 0 Å². The second-order valence-corrected chi connectivity index (χ2v) is 4.50. The summed E-state index contributed by atoms with van der Waals surface area (Å²) in [5, 5.41) is 7.13. The molecule has 1 heterocycles. The minimum atomic E-state index is -0.237. The number of fused-ring (bicyclic) bond motifs is 1. The van der Waals surface area contributed by atoms with E-state index < -0.39 is 0 Å². The Kier molecular flexibility index (Phi) is 2.40. The van der Waals surface area contributed by atoms with Gasteiger partial charge in [-0.25, -0.2) is 0 Å². The van der Waals surface area contributed by atoms with E-state index in [1.165, 1.54) is 5.56 Å². The highest BCUT2D eigenvalue weighted by atomic mass is 32.1. The average molecular weight is 221 g/mol. The minimum absolute atomic E-state index is 0.237. The number of nitrogens with zero attached hydrogens (tertiary/aromatic N) is 1. The van der Waals surface area contributed by atoms with Crippen LogP contribution in [0.2, 0.25) is 0 Å². The maximum Gasteiger partial charge on any atom is 0.172 e. The molecule has 0 amide bonds. The Balaban J connectivity index is 2.56.